The van der Waals surface area contributed by atoms with E-state index in [0.29, 0.717) is 17.4 Å². The number of anilines is 2. The Morgan fingerprint density at radius 3 is 2.58 bits per heavy atom. The minimum absolute atomic E-state index is 0.120. The van der Waals surface area contributed by atoms with E-state index in [1.54, 1.807) is 32.5 Å². The first-order valence-electron chi connectivity index (χ1n) is 11.7. The van der Waals surface area contributed by atoms with Gasteiger partial charge in [0, 0.05) is 19.1 Å². The number of rotatable bonds is 6. The van der Waals surface area contributed by atoms with Gasteiger partial charge in [0.1, 0.15) is 11.3 Å². The van der Waals surface area contributed by atoms with Crippen molar-refractivity contribution in [2.75, 3.05) is 10.6 Å². The van der Waals surface area contributed by atoms with Crippen molar-refractivity contribution < 1.29 is 13.9 Å². The lowest BCUT2D eigenvalue weighted by Crippen LogP contribution is -2.33. The van der Waals surface area contributed by atoms with Gasteiger partial charge in [0.05, 0.1) is 17.5 Å². The van der Waals surface area contributed by atoms with Gasteiger partial charge in [-0.05, 0) is 71.6 Å². The SMILES string of the molecule is Cn1nc(NC(=O)OC(C)(C)C)c(-c2nc(NC3CCC(N)CC3)ncc2F)c1CC1CC1. The smallest absolute Gasteiger partial charge is 0.413 e. The number of nitrogens with two attached hydrogens (primary N) is 1. The van der Waals surface area contributed by atoms with E-state index in [1.165, 1.54) is 6.20 Å². The standard InChI is InChI=1S/C23H34FN7O2/c1-23(2,3)33-22(32)29-20-18(17(31(4)30-20)11-13-5-6-13)19-16(24)12-26-21(28-19)27-15-9-7-14(25)8-10-15/h12-15H,5-11,25H2,1-4H3,(H,26,27,28)(H,29,30,32). The molecule has 0 bridgehead atoms. The Hall–Kier alpha value is -2.75. The molecule has 4 N–H and O–H groups in total. The number of aryl methyl sites for hydroxylation is 1. The Morgan fingerprint density at radius 1 is 1.24 bits per heavy atom. The van der Waals surface area contributed by atoms with Crippen LogP contribution in [-0.2, 0) is 18.2 Å². The lowest BCUT2D eigenvalue weighted by atomic mass is 9.92. The zero-order chi connectivity index (χ0) is 23.8. The minimum atomic E-state index is -0.671. The number of hydrogen-bond donors (Lipinski definition) is 3. The van der Waals surface area contributed by atoms with Gasteiger partial charge in [-0.15, -0.1) is 0 Å². The van der Waals surface area contributed by atoms with Gasteiger partial charge in [-0.2, -0.15) is 5.10 Å². The first kappa shape index (κ1) is 23.4. The van der Waals surface area contributed by atoms with E-state index in [-0.39, 0.29) is 23.6 Å². The summed E-state index contributed by atoms with van der Waals surface area (Å²) in [6.07, 6.45) is 7.22. The Labute approximate surface area is 193 Å². The van der Waals surface area contributed by atoms with Crippen molar-refractivity contribution in [1.82, 2.24) is 19.7 Å². The molecule has 10 heteroatoms. The monoisotopic (exact) mass is 459 g/mol. The lowest BCUT2D eigenvalue weighted by Gasteiger charge is -2.26. The molecule has 2 fully saturated rings. The third-order valence-electron chi connectivity index (χ3n) is 6.05. The van der Waals surface area contributed by atoms with Crippen LogP contribution < -0.4 is 16.4 Å². The van der Waals surface area contributed by atoms with Crippen LogP contribution in [0.25, 0.3) is 11.3 Å². The Bertz CT molecular complexity index is 1000. The quantitative estimate of drug-likeness (QED) is 0.597. The van der Waals surface area contributed by atoms with Crippen molar-refractivity contribution in [2.24, 2.45) is 18.7 Å². The van der Waals surface area contributed by atoms with Crippen LogP contribution in [0.5, 0.6) is 0 Å². The average molecular weight is 460 g/mol. The number of nitrogens with one attached hydrogen (secondary N) is 2. The van der Waals surface area contributed by atoms with Crippen molar-refractivity contribution in [2.45, 2.75) is 83.4 Å². The number of ether oxygens (including phenoxy) is 1. The molecule has 0 unspecified atom stereocenters. The highest BCUT2D eigenvalue weighted by Crippen LogP contribution is 2.39. The highest BCUT2D eigenvalue weighted by Gasteiger charge is 2.30. The maximum absolute atomic E-state index is 15.1. The Morgan fingerprint density at radius 2 is 1.94 bits per heavy atom. The molecule has 0 radical (unpaired) electrons. The second-order valence-electron chi connectivity index (χ2n) is 10.2. The first-order valence-corrected chi connectivity index (χ1v) is 11.7. The molecule has 0 aromatic carbocycles. The van der Waals surface area contributed by atoms with E-state index < -0.39 is 17.5 Å². The molecule has 2 aromatic heterocycles. The Balaban J connectivity index is 1.66. The largest absolute Gasteiger partial charge is 0.444 e. The number of amides is 1. The average Bonchev–Trinajstić information content (AvgIpc) is 3.48. The number of carbonyl (C=O) groups excluding carboxylic acids is 1. The van der Waals surface area contributed by atoms with Gasteiger partial charge in [0.25, 0.3) is 0 Å². The highest BCUT2D eigenvalue weighted by atomic mass is 19.1. The van der Waals surface area contributed by atoms with Crippen LogP contribution in [0, 0.1) is 11.7 Å². The highest BCUT2D eigenvalue weighted by molar-refractivity contribution is 5.90. The molecule has 2 aliphatic carbocycles. The second kappa shape index (κ2) is 9.24. The van der Waals surface area contributed by atoms with Gasteiger partial charge >= 0.3 is 6.09 Å². The fourth-order valence-electron chi connectivity index (χ4n) is 4.18. The maximum atomic E-state index is 15.1. The van der Waals surface area contributed by atoms with Crippen molar-refractivity contribution in [3.63, 3.8) is 0 Å². The van der Waals surface area contributed by atoms with Crippen LogP contribution in [0.15, 0.2) is 6.20 Å². The molecular formula is C23H34FN7O2. The van der Waals surface area contributed by atoms with Gasteiger partial charge in [0.2, 0.25) is 5.95 Å². The van der Waals surface area contributed by atoms with E-state index in [4.69, 9.17) is 10.5 Å². The summed E-state index contributed by atoms with van der Waals surface area (Å²) < 4.78 is 22.1. The summed E-state index contributed by atoms with van der Waals surface area (Å²) in [5.74, 6) is 0.553. The van der Waals surface area contributed by atoms with Crippen LogP contribution in [0.4, 0.5) is 21.0 Å². The van der Waals surface area contributed by atoms with E-state index >= 15 is 4.39 Å². The molecule has 4 rings (SSSR count). The molecule has 33 heavy (non-hydrogen) atoms. The fourth-order valence-corrected chi connectivity index (χ4v) is 4.18. The van der Waals surface area contributed by atoms with Gasteiger partial charge in [-0.1, -0.05) is 0 Å². The minimum Gasteiger partial charge on any atom is -0.444 e. The van der Waals surface area contributed by atoms with Crippen molar-refractivity contribution in [3.8, 4) is 11.3 Å². The molecule has 2 saturated carbocycles. The van der Waals surface area contributed by atoms with Gasteiger partial charge in [-0.3, -0.25) is 10.00 Å². The van der Waals surface area contributed by atoms with E-state index in [0.717, 1.165) is 50.6 Å². The maximum Gasteiger partial charge on any atom is 0.413 e. The van der Waals surface area contributed by atoms with Crippen molar-refractivity contribution >= 4 is 17.9 Å². The van der Waals surface area contributed by atoms with Gasteiger partial charge in [-0.25, -0.2) is 19.2 Å². The summed E-state index contributed by atoms with van der Waals surface area (Å²) in [5.41, 5.74) is 6.76. The number of nitrogens with zero attached hydrogens (tertiary/aromatic N) is 4. The number of hydrogen-bond acceptors (Lipinski definition) is 7. The predicted octanol–water partition coefficient (Wildman–Crippen LogP) is 4.00. The van der Waals surface area contributed by atoms with E-state index in [1.807, 2.05) is 0 Å². The number of carbonyl (C=O) groups is 1. The summed E-state index contributed by atoms with van der Waals surface area (Å²) in [5, 5.41) is 10.5. The number of aromatic nitrogens is 4. The molecule has 2 heterocycles. The van der Waals surface area contributed by atoms with Crippen LogP contribution in [0.1, 0.15) is 65.0 Å². The lowest BCUT2D eigenvalue weighted by molar-refractivity contribution is 0.0635. The third kappa shape index (κ3) is 5.98. The predicted molar refractivity (Wildman–Crippen MR) is 124 cm³/mol. The van der Waals surface area contributed by atoms with Crippen LogP contribution in [0.2, 0.25) is 0 Å². The molecule has 9 nitrogen and oxygen atoms in total. The normalized spacial score (nSPS) is 21.0. The number of halogens is 1. The zero-order valence-electron chi connectivity index (χ0n) is 19.8. The van der Waals surface area contributed by atoms with Crippen LogP contribution in [0.3, 0.4) is 0 Å². The van der Waals surface area contributed by atoms with E-state index in [9.17, 15) is 4.79 Å². The van der Waals surface area contributed by atoms with Crippen LogP contribution in [-0.4, -0.2) is 43.5 Å². The molecule has 180 valence electrons. The molecule has 0 atom stereocenters. The van der Waals surface area contributed by atoms with Gasteiger partial charge in [0.15, 0.2) is 11.6 Å². The molecule has 2 aromatic rings. The Kier molecular flexibility index (Phi) is 6.56. The van der Waals surface area contributed by atoms with Gasteiger partial charge < -0.3 is 15.8 Å². The first-order chi connectivity index (χ1) is 15.6. The topological polar surface area (TPSA) is 120 Å². The summed E-state index contributed by atoms with van der Waals surface area (Å²) in [6.45, 7) is 5.35. The zero-order valence-corrected chi connectivity index (χ0v) is 19.8. The summed E-state index contributed by atoms with van der Waals surface area (Å²) in [4.78, 5) is 21.2. The molecule has 1 amide bonds. The van der Waals surface area contributed by atoms with Crippen molar-refractivity contribution in [3.05, 3.63) is 17.7 Å². The van der Waals surface area contributed by atoms with E-state index in [2.05, 4.69) is 25.7 Å². The second-order valence-corrected chi connectivity index (χ2v) is 10.2. The molecule has 0 spiro atoms. The third-order valence-corrected chi connectivity index (χ3v) is 6.05. The summed E-state index contributed by atoms with van der Waals surface area (Å²) >= 11 is 0. The van der Waals surface area contributed by atoms with Crippen molar-refractivity contribution in [1.29, 1.82) is 0 Å². The molecule has 0 saturated heterocycles. The van der Waals surface area contributed by atoms with Crippen LogP contribution >= 0.6 is 0 Å². The summed E-state index contributed by atoms with van der Waals surface area (Å²) in [7, 11) is 1.80. The molecule has 0 aliphatic heterocycles. The summed E-state index contributed by atoms with van der Waals surface area (Å²) in [6, 6.07) is 0.428. The fraction of sp³-hybridized carbons (Fsp3) is 0.652. The molecule has 2 aliphatic rings. The molecular weight excluding hydrogens is 425 g/mol.